The van der Waals surface area contributed by atoms with Gasteiger partial charge in [-0.2, -0.15) is 0 Å². The Morgan fingerprint density at radius 2 is 1.22 bits per heavy atom. The number of hydrogen-bond donors (Lipinski definition) is 7. The maximum atomic E-state index is 13.5. The molecular formula is C29H35N6O9S-. The highest BCUT2D eigenvalue weighted by atomic mass is 32.1. The third-order valence-electron chi connectivity index (χ3n) is 6.43. The predicted molar refractivity (Wildman–Crippen MR) is 161 cm³/mol. The largest absolute Gasteiger partial charge is 0.481 e. The van der Waals surface area contributed by atoms with Crippen LogP contribution >= 0.6 is 0 Å². The van der Waals surface area contributed by atoms with Gasteiger partial charge in [0.05, 0.1) is 12.4 Å². The molecule has 3 amide bonds. The summed E-state index contributed by atoms with van der Waals surface area (Å²) >= 11 is -1.08. The van der Waals surface area contributed by atoms with E-state index in [0.717, 1.165) is 0 Å². The molecule has 242 valence electrons. The van der Waals surface area contributed by atoms with Crippen molar-refractivity contribution in [2.75, 3.05) is 0 Å². The van der Waals surface area contributed by atoms with Crippen LogP contribution in [-0.2, 0) is 63.2 Å². The number of amides is 3. The second kappa shape index (κ2) is 19.2. The molecule has 8 N–H and O–H groups in total. The standard InChI is InChI=1S/C29H34N6O7.HO2S/c30-21(11-12-25(36)37)26(38)33-23(15-20-16-31-17-32-20)28(40)34-22(13-18-7-3-1-4-8-18)27(39)35-24(29(41)42)14-19-9-5-2-6-10-19;1-3-2/h1-10,16-17,21-24H,11-15,30H2,(H,31,32)(H,33,38)(H,34,40)(H,35,39)(H,36,37)(H,41,42);3H/q;-1/t21-,22-,23-,24+;/m0./s1. The molecule has 0 unspecified atom stereocenters. The molecule has 1 aromatic heterocycles. The number of aromatic amines is 1. The van der Waals surface area contributed by atoms with Gasteiger partial charge in [0, 0.05) is 37.6 Å². The zero-order valence-electron chi connectivity index (χ0n) is 24.0. The number of imidazole rings is 1. The second-order valence-electron chi connectivity index (χ2n) is 9.80. The lowest BCUT2D eigenvalue weighted by molar-refractivity contribution is -0.142. The number of hydrogen-bond acceptors (Lipinski definition) is 10. The first kappa shape index (κ1) is 36.1. The highest BCUT2D eigenvalue weighted by molar-refractivity contribution is 7.51. The molecule has 3 rings (SSSR count). The molecule has 0 fully saturated rings. The number of carbonyl (C=O) groups excluding carboxylic acids is 3. The smallest absolute Gasteiger partial charge is 0.326 e. The summed E-state index contributed by atoms with van der Waals surface area (Å²) in [5, 5.41) is 26.4. The van der Waals surface area contributed by atoms with Gasteiger partial charge in [-0.15, -0.1) is 0 Å². The molecule has 4 atom stereocenters. The summed E-state index contributed by atoms with van der Waals surface area (Å²) in [4.78, 5) is 69.3. The fourth-order valence-corrected chi connectivity index (χ4v) is 4.17. The van der Waals surface area contributed by atoms with Crippen LogP contribution in [0.15, 0.2) is 73.2 Å². The van der Waals surface area contributed by atoms with E-state index in [2.05, 4.69) is 25.9 Å². The summed E-state index contributed by atoms with van der Waals surface area (Å²) in [6.07, 6.45) is 2.42. The lowest BCUT2D eigenvalue weighted by Crippen LogP contribution is -2.58. The van der Waals surface area contributed by atoms with Gasteiger partial charge in [-0.1, -0.05) is 72.2 Å². The van der Waals surface area contributed by atoms with E-state index in [4.69, 9.17) is 19.3 Å². The Bertz CT molecular complexity index is 1430. The van der Waals surface area contributed by atoms with Crippen LogP contribution in [0.1, 0.15) is 29.7 Å². The van der Waals surface area contributed by atoms with E-state index < -0.39 is 65.4 Å². The van der Waals surface area contributed by atoms with Crippen molar-refractivity contribution in [1.29, 1.82) is 0 Å². The van der Waals surface area contributed by atoms with Gasteiger partial charge in [-0.05, 0) is 17.5 Å². The summed E-state index contributed by atoms with van der Waals surface area (Å²) in [5.41, 5.74) is 7.76. The number of nitrogens with zero attached hydrogens (tertiary/aromatic N) is 1. The topological polar surface area (TPSA) is 251 Å². The van der Waals surface area contributed by atoms with Gasteiger partial charge < -0.3 is 45.3 Å². The number of carboxylic acid groups (broad SMARTS) is 2. The molecule has 1 heterocycles. The number of aliphatic carboxylic acids is 2. The van der Waals surface area contributed by atoms with Gasteiger partial charge >= 0.3 is 11.9 Å². The highest BCUT2D eigenvalue weighted by Crippen LogP contribution is 2.09. The molecule has 0 saturated heterocycles. The summed E-state index contributed by atoms with van der Waals surface area (Å²) in [5.74, 6) is -4.55. The average molecular weight is 644 g/mol. The van der Waals surface area contributed by atoms with Crippen molar-refractivity contribution < 1.29 is 42.6 Å². The Kier molecular flexibility index (Phi) is 15.4. The van der Waals surface area contributed by atoms with E-state index in [-0.39, 0.29) is 32.1 Å². The normalized spacial score (nSPS) is 13.1. The third-order valence-corrected chi connectivity index (χ3v) is 6.43. The molecule has 2 aromatic carbocycles. The molecule has 16 heteroatoms. The van der Waals surface area contributed by atoms with E-state index in [9.17, 15) is 29.1 Å². The molecule has 0 spiro atoms. The average Bonchev–Trinajstić information content (AvgIpc) is 3.53. The first-order valence-corrected chi connectivity index (χ1v) is 14.4. The predicted octanol–water partition coefficient (Wildman–Crippen LogP) is -0.339. The van der Waals surface area contributed by atoms with Crippen molar-refractivity contribution in [3.8, 4) is 0 Å². The SMILES string of the molecule is N[C@@H](CCC(=O)O)C(=O)N[C@@H](Cc1cnc[nH]1)C(=O)N[C@@H](Cc1ccccc1)C(=O)N[C@H](Cc1ccccc1)C(=O)O.O=[SH-]=O. The summed E-state index contributed by atoms with van der Waals surface area (Å²) < 4.78 is 16.7. The first-order chi connectivity index (χ1) is 21.5. The third kappa shape index (κ3) is 13.4. The van der Waals surface area contributed by atoms with Crippen molar-refractivity contribution in [3.63, 3.8) is 0 Å². The van der Waals surface area contributed by atoms with Gasteiger partial charge in [0.1, 0.15) is 18.1 Å². The minimum Gasteiger partial charge on any atom is -0.481 e. The van der Waals surface area contributed by atoms with Crippen LogP contribution in [0, 0.1) is 0 Å². The summed E-state index contributed by atoms with van der Waals surface area (Å²) in [6, 6.07) is 12.8. The van der Waals surface area contributed by atoms with Gasteiger partial charge in [0.2, 0.25) is 17.7 Å². The summed E-state index contributed by atoms with van der Waals surface area (Å²) in [7, 11) is 0. The van der Waals surface area contributed by atoms with Crippen molar-refractivity contribution in [1.82, 2.24) is 25.9 Å². The number of carbonyl (C=O) groups is 5. The molecular weight excluding hydrogens is 608 g/mol. The van der Waals surface area contributed by atoms with E-state index in [0.29, 0.717) is 16.8 Å². The number of H-pyrrole nitrogens is 1. The van der Waals surface area contributed by atoms with Gasteiger partial charge in [-0.3, -0.25) is 19.2 Å². The van der Waals surface area contributed by atoms with Crippen molar-refractivity contribution in [2.45, 2.75) is 56.3 Å². The molecule has 45 heavy (non-hydrogen) atoms. The summed E-state index contributed by atoms with van der Waals surface area (Å²) in [6.45, 7) is 0. The number of benzene rings is 2. The fourth-order valence-electron chi connectivity index (χ4n) is 4.17. The molecule has 3 aromatic rings. The van der Waals surface area contributed by atoms with Crippen molar-refractivity contribution in [3.05, 3.63) is 90.0 Å². The Hall–Kier alpha value is -5.09. The minimum absolute atomic E-state index is 0.0284. The Labute approximate surface area is 261 Å². The molecule has 0 bridgehead atoms. The Morgan fingerprint density at radius 1 is 0.756 bits per heavy atom. The van der Waals surface area contributed by atoms with Gasteiger partial charge in [0.15, 0.2) is 0 Å². The molecule has 0 aliphatic carbocycles. The minimum atomic E-state index is -1.26. The van der Waals surface area contributed by atoms with Crippen molar-refractivity contribution >= 4 is 41.2 Å². The fraction of sp³-hybridized carbons (Fsp3) is 0.310. The monoisotopic (exact) mass is 643 g/mol. The molecule has 0 radical (unpaired) electrons. The lowest BCUT2D eigenvalue weighted by Gasteiger charge is -2.25. The van der Waals surface area contributed by atoms with Crippen LogP contribution in [0.5, 0.6) is 0 Å². The maximum absolute atomic E-state index is 13.5. The lowest BCUT2D eigenvalue weighted by atomic mass is 10.0. The first-order valence-electron chi connectivity index (χ1n) is 13.6. The van der Waals surface area contributed by atoms with Crippen molar-refractivity contribution in [2.24, 2.45) is 5.73 Å². The number of nitrogens with two attached hydrogens (primary N) is 1. The molecule has 0 aliphatic rings. The van der Waals surface area contributed by atoms with Gasteiger partial charge in [0.25, 0.3) is 0 Å². The Balaban J connectivity index is 0.00000226. The zero-order chi connectivity index (χ0) is 33.2. The number of nitrogens with one attached hydrogen (secondary N) is 4. The maximum Gasteiger partial charge on any atom is 0.326 e. The molecule has 0 aliphatic heterocycles. The number of rotatable bonds is 16. The molecule has 15 nitrogen and oxygen atoms in total. The van der Waals surface area contributed by atoms with Gasteiger partial charge in [-0.25, -0.2) is 9.78 Å². The van der Waals surface area contributed by atoms with Crippen LogP contribution in [0.4, 0.5) is 0 Å². The highest BCUT2D eigenvalue weighted by Gasteiger charge is 2.31. The van der Waals surface area contributed by atoms with E-state index in [1.54, 1.807) is 60.7 Å². The van der Waals surface area contributed by atoms with E-state index in [1.807, 2.05) is 0 Å². The number of aromatic nitrogens is 2. The Morgan fingerprint density at radius 3 is 1.69 bits per heavy atom. The van der Waals surface area contributed by atoms with Crippen LogP contribution in [0.25, 0.3) is 0 Å². The van der Waals surface area contributed by atoms with Crippen LogP contribution in [-0.4, -0.2) is 74.0 Å². The quantitative estimate of drug-likeness (QED) is 0.0785. The second-order valence-corrected chi connectivity index (χ2v) is 9.94. The number of thiol groups is 1. The van der Waals surface area contributed by atoms with E-state index in [1.165, 1.54) is 12.5 Å². The zero-order valence-corrected chi connectivity index (χ0v) is 24.9. The number of carboxylic acids is 2. The molecule has 0 saturated carbocycles. The van der Waals surface area contributed by atoms with Crippen LogP contribution in [0.2, 0.25) is 0 Å². The van der Waals surface area contributed by atoms with Crippen LogP contribution in [0.3, 0.4) is 0 Å². The van der Waals surface area contributed by atoms with E-state index >= 15 is 0 Å². The van der Waals surface area contributed by atoms with Crippen LogP contribution < -0.4 is 21.7 Å².